The van der Waals surface area contributed by atoms with Crippen molar-refractivity contribution in [3.05, 3.63) is 51.9 Å². The van der Waals surface area contributed by atoms with Crippen molar-refractivity contribution in [1.29, 1.82) is 0 Å². The zero-order valence-corrected chi connectivity index (χ0v) is 17.1. The minimum atomic E-state index is -0.373. The van der Waals surface area contributed by atoms with E-state index in [1.54, 1.807) is 24.3 Å². The van der Waals surface area contributed by atoms with Gasteiger partial charge in [-0.05, 0) is 36.6 Å². The first kappa shape index (κ1) is 21.7. The first-order valence-corrected chi connectivity index (χ1v) is 10.2. The third-order valence-corrected chi connectivity index (χ3v) is 4.68. The number of carbonyl (C=O) groups is 2. The number of aromatic nitrogens is 2. The Kier molecular flexibility index (Phi) is 8.25. The number of carbonyl (C=O) groups excluding carboxylic acids is 2. The maximum absolute atomic E-state index is 12.1. The molecule has 150 valence electrons. The highest BCUT2D eigenvalue weighted by molar-refractivity contribution is 7.99. The van der Waals surface area contributed by atoms with E-state index in [1.165, 1.54) is 6.07 Å². The lowest BCUT2D eigenvalue weighted by Gasteiger charge is -2.08. The predicted molar refractivity (Wildman–Crippen MR) is 110 cm³/mol. The minimum absolute atomic E-state index is 0.102. The van der Waals surface area contributed by atoms with Crippen LogP contribution in [0, 0.1) is 0 Å². The summed E-state index contributed by atoms with van der Waals surface area (Å²) in [6.45, 7) is 6.33. The highest BCUT2D eigenvalue weighted by Gasteiger charge is 2.10. The van der Waals surface area contributed by atoms with Crippen LogP contribution in [-0.2, 0) is 9.53 Å². The molecule has 2 aromatic rings. The fraction of sp³-hybridized carbons (Fsp3) is 0.400. The Hall–Kier alpha value is -2.61. The summed E-state index contributed by atoms with van der Waals surface area (Å²) in [5.74, 6) is -0.379. The normalized spacial score (nSPS) is 10.7. The molecule has 8 heteroatoms. The summed E-state index contributed by atoms with van der Waals surface area (Å²) in [5, 5.41) is 3.16. The van der Waals surface area contributed by atoms with E-state index in [2.05, 4.69) is 15.3 Å². The van der Waals surface area contributed by atoms with E-state index in [0.717, 1.165) is 24.6 Å². The monoisotopic (exact) mass is 403 g/mol. The zero-order chi connectivity index (χ0) is 20.5. The predicted octanol–water partition coefficient (Wildman–Crippen LogP) is 3.58. The van der Waals surface area contributed by atoms with Crippen LogP contribution in [0.5, 0.6) is 0 Å². The van der Waals surface area contributed by atoms with Crippen LogP contribution in [0.3, 0.4) is 0 Å². The third kappa shape index (κ3) is 6.84. The third-order valence-electron chi connectivity index (χ3n) is 3.81. The largest absolute Gasteiger partial charge is 0.462 e. The molecular formula is C20H25N3O4S. The van der Waals surface area contributed by atoms with Crippen molar-refractivity contribution >= 4 is 29.3 Å². The molecule has 0 saturated carbocycles. The molecule has 7 nitrogen and oxygen atoms in total. The van der Waals surface area contributed by atoms with Gasteiger partial charge in [0.2, 0.25) is 5.91 Å². The molecule has 1 heterocycles. The van der Waals surface area contributed by atoms with Crippen molar-refractivity contribution < 1.29 is 14.3 Å². The number of hydrogen-bond acceptors (Lipinski definition) is 6. The standard InChI is InChI=1S/C20H25N3O4S/c1-4-5-10-27-19(26)14-6-8-15(9-7-14)21-18(25)12-28-20-22-16(13(2)3)11-17(24)23-20/h6-9,11,13H,4-5,10,12H2,1-3H3,(H,21,25)(H,22,23,24). The van der Waals surface area contributed by atoms with Gasteiger partial charge in [0.25, 0.3) is 5.56 Å². The van der Waals surface area contributed by atoms with E-state index < -0.39 is 0 Å². The number of benzene rings is 1. The van der Waals surface area contributed by atoms with Crippen LogP contribution >= 0.6 is 11.8 Å². The molecule has 1 aromatic heterocycles. The molecule has 2 N–H and O–H groups in total. The van der Waals surface area contributed by atoms with Crippen molar-refractivity contribution in [2.75, 3.05) is 17.7 Å². The number of thioether (sulfide) groups is 1. The molecule has 0 fully saturated rings. The molecule has 0 aliphatic rings. The lowest BCUT2D eigenvalue weighted by molar-refractivity contribution is -0.113. The van der Waals surface area contributed by atoms with Crippen molar-refractivity contribution in [3.8, 4) is 0 Å². The molecule has 2 rings (SSSR count). The summed E-state index contributed by atoms with van der Waals surface area (Å²) in [7, 11) is 0. The van der Waals surface area contributed by atoms with Crippen LogP contribution < -0.4 is 10.9 Å². The maximum atomic E-state index is 12.1. The van der Waals surface area contributed by atoms with Gasteiger partial charge < -0.3 is 15.0 Å². The van der Waals surface area contributed by atoms with Crippen LogP contribution in [0.4, 0.5) is 5.69 Å². The van der Waals surface area contributed by atoms with E-state index >= 15 is 0 Å². The van der Waals surface area contributed by atoms with Gasteiger partial charge in [0.1, 0.15) is 0 Å². The van der Waals surface area contributed by atoms with Gasteiger partial charge in [0.05, 0.1) is 23.6 Å². The Labute approximate surface area is 168 Å². The molecule has 0 unspecified atom stereocenters. The van der Waals surface area contributed by atoms with Gasteiger partial charge in [0.15, 0.2) is 5.16 Å². The van der Waals surface area contributed by atoms with Crippen LogP contribution in [0.15, 0.2) is 40.3 Å². The molecule has 1 aromatic carbocycles. The summed E-state index contributed by atoms with van der Waals surface area (Å²) in [6.07, 6.45) is 1.79. The average Bonchev–Trinajstić information content (AvgIpc) is 2.66. The first-order valence-electron chi connectivity index (χ1n) is 9.20. The smallest absolute Gasteiger partial charge is 0.338 e. The number of aromatic amines is 1. The number of amides is 1. The van der Waals surface area contributed by atoms with E-state index in [1.807, 2.05) is 20.8 Å². The number of anilines is 1. The van der Waals surface area contributed by atoms with Crippen LogP contribution in [0.1, 0.15) is 55.6 Å². The lowest BCUT2D eigenvalue weighted by atomic mass is 10.1. The Bertz CT molecular complexity index is 862. The highest BCUT2D eigenvalue weighted by Crippen LogP contribution is 2.16. The van der Waals surface area contributed by atoms with Crippen molar-refractivity contribution in [1.82, 2.24) is 9.97 Å². The molecule has 28 heavy (non-hydrogen) atoms. The van der Waals surface area contributed by atoms with Gasteiger partial charge in [-0.25, -0.2) is 9.78 Å². The number of esters is 1. The summed E-state index contributed by atoms with van der Waals surface area (Å²) >= 11 is 1.16. The van der Waals surface area contributed by atoms with Crippen LogP contribution in [-0.4, -0.2) is 34.2 Å². The average molecular weight is 404 g/mol. The molecule has 0 spiro atoms. The van der Waals surface area contributed by atoms with Gasteiger partial charge in [-0.3, -0.25) is 9.59 Å². The van der Waals surface area contributed by atoms with Gasteiger partial charge in [-0.2, -0.15) is 0 Å². The van der Waals surface area contributed by atoms with E-state index in [4.69, 9.17) is 4.74 Å². The molecule has 0 aliphatic heterocycles. The number of ether oxygens (including phenoxy) is 1. The number of H-pyrrole nitrogens is 1. The Balaban J connectivity index is 1.88. The molecule has 0 radical (unpaired) electrons. The van der Waals surface area contributed by atoms with E-state index in [9.17, 15) is 14.4 Å². The van der Waals surface area contributed by atoms with E-state index in [0.29, 0.717) is 28.7 Å². The minimum Gasteiger partial charge on any atom is -0.462 e. The summed E-state index contributed by atoms with van der Waals surface area (Å²) in [6, 6.07) is 7.99. The fourth-order valence-corrected chi connectivity index (χ4v) is 2.91. The number of rotatable bonds is 9. The first-order chi connectivity index (χ1) is 13.4. The molecule has 0 atom stereocenters. The maximum Gasteiger partial charge on any atom is 0.338 e. The van der Waals surface area contributed by atoms with Crippen LogP contribution in [0.2, 0.25) is 0 Å². The quantitative estimate of drug-likeness (QED) is 0.287. The van der Waals surface area contributed by atoms with Crippen molar-refractivity contribution in [3.63, 3.8) is 0 Å². The topological polar surface area (TPSA) is 101 Å². The number of hydrogen-bond donors (Lipinski definition) is 2. The molecular weight excluding hydrogens is 378 g/mol. The number of nitrogens with zero attached hydrogens (tertiary/aromatic N) is 1. The molecule has 0 bridgehead atoms. The summed E-state index contributed by atoms with van der Waals surface area (Å²) in [5.41, 5.74) is 1.47. The fourth-order valence-electron chi connectivity index (χ4n) is 2.23. The van der Waals surface area contributed by atoms with Gasteiger partial charge in [-0.15, -0.1) is 0 Å². The van der Waals surface area contributed by atoms with E-state index in [-0.39, 0.29) is 29.1 Å². The van der Waals surface area contributed by atoms with Gasteiger partial charge in [-0.1, -0.05) is 39.0 Å². The Morgan fingerprint density at radius 1 is 1.25 bits per heavy atom. The second-order valence-electron chi connectivity index (χ2n) is 6.53. The Morgan fingerprint density at radius 2 is 1.96 bits per heavy atom. The van der Waals surface area contributed by atoms with Gasteiger partial charge in [0, 0.05) is 11.8 Å². The molecule has 1 amide bonds. The van der Waals surface area contributed by atoms with Crippen LogP contribution in [0.25, 0.3) is 0 Å². The lowest BCUT2D eigenvalue weighted by Crippen LogP contribution is -2.16. The zero-order valence-electron chi connectivity index (χ0n) is 16.3. The van der Waals surface area contributed by atoms with Crippen molar-refractivity contribution in [2.45, 2.75) is 44.7 Å². The SMILES string of the molecule is CCCCOC(=O)c1ccc(NC(=O)CSc2nc(C(C)C)cc(=O)[nH]2)cc1. The second-order valence-corrected chi connectivity index (χ2v) is 7.50. The van der Waals surface area contributed by atoms with Crippen molar-refractivity contribution in [2.24, 2.45) is 0 Å². The Morgan fingerprint density at radius 3 is 2.61 bits per heavy atom. The summed E-state index contributed by atoms with van der Waals surface area (Å²) < 4.78 is 5.15. The molecule has 0 saturated heterocycles. The number of nitrogens with one attached hydrogen (secondary N) is 2. The number of unbranched alkanes of at least 4 members (excludes halogenated alkanes) is 1. The second kappa shape index (κ2) is 10.7. The molecule has 0 aliphatic carbocycles. The summed E-state index contributed by atoms with van der Waals surface area (Å²) in [4.78, 5) is 42.7. The highest BCUT2D eigenvalue weighted by atomic mass is 32.2. The van der Waals surface area contributed by atoms with Gasteiger partial charge >= 0.3 is 5.97 Å².